The Morgan fingerprint density at radius 2 is 1.92 bits per heavy atom. The highest BCUT2D eigenvalue weighted by Gasteiger charge is 2.34. The average Bonchev–Trinajstić information content (AvgIpc) is 3.64. The Morgan fingerprint density at radius 3 is 2.58 bits per heavy atom. The van der Waals surface area contributed by atoms with Crippen molar-refractivity contribution in [3.05, 3.63) is 63.7 Å². The predicted octanol–water partition coefficient (Wildman–Crippen LogP) is 5.13. The molecular weight excluding hydrogens is 489 g/mol. The lowest BCUT2D eigenvalue weighted by Gasteiger charge is -2.31. The van der Waals surface area contributed by atoms with Gasteiger partial charge in [0.15, 0.2) is 0 Å². The standard InChI is InChI=1S/C27H34ClF3N4O/c1-33(2)11-12-35(18-20-5-3-4-6-24(20)28)26(36)15-32-25-14-22(27(29,30)31)13-21-17-34(10-9-23(21)25)16-19-7-8-19/h3-6,13-14,19,32H,7-12,15-18H2,1-2H3. The van der Waals surface area contributed by atoms with Gasteiger partial charge in [0.1, 0.15) is 0 Å². The van der Waals surface area contributed by atoms with E-state index in [1.165, 1.54) is 18.9 Å². The van der Waals surface area contributed by atoms with Gasteiger partial charge in [0, 0.05) is 50.0 Å². The third-order valence-corrected chi connectivity index (χ3v) is 7.24. The lowest BCUT2D eigenvalue weighted by Crippen LogP contribution is -2.39. The Labute approximate surface area is 216 Å². The number of carbonyl (C=O) groups excluding carboxylic acids is 1. The van der Waals surface area contributed by atoms with Crippen LogP contribution in [0.1, 0.15) is 35.1 Å². The van der Waals surface area contributed by atoms with Crippen molar-refractivity contribution in [2.24, 2.45) is 5.92 Å². The number of nitrogens with one attached hydrogen (secondary N) is 1. The maximum atomic E-state index is 13.7. The van der Waals surface area contributed by atoms with Crippen molar-refractivity contribution in [3.63, 3.8) is 0 Å². The van der Waals surface area contributed by atoms with Crippen molar-refractivity contribution in [3.8, 4) is 0 Å². The summed E-state index contributed by atoms with van der Waals surface area (Å²) in [7, 11) is 3.86. The molecule has 4 rings (SSSR count). The van der Waals surface area contributed by atoms with Gasteiger partial charge in [0.2, 0.25) is 5.91 Å². The molecule has 2 aliphatic rings. The van der Waals surface area contributed by atoms with Gasteiger partial charge in [-0.15, -0.1) is 0 Å². The number of anilines is 1. The van der Waals surface area contributed by atoms with Gasteiger partial charge in [-0.3, -0.25) is 9.69 Å². The molecule has 1 fully saturated rings. The number of fused-ring (bicyclic) bond motifs is 1. The summed E-state index contributed by atoms with van der Waals surface area (Å²) in [5, 5.41) is 3.64. The summed E-state index contributed by atoms with van der Waals surface area (Å²) < 4.78 is 41.1. The zero-order chi connectivity index (χ0) is 25.9. The Kier molecular flexibility index (Phi) is 8.48. The quantitative estimate of drug-likeness (QED) is 0.469. The number of nitrogens with zero attached hydrogens (tertiary/aromatic N) is 3. The molecule has 0 bridgehead atoms. The minimum absolute atomic E-state index is 0.0859. The fourth-order valence-electron chi connectivity index (χ4n) is 4.63. The largest absolute Gasteiger partial charge is 0.416 e. The summed E-state index contributed by atoms with van der Waals surface area (Å²) in [6.45, 7) is 3.67. The highest BCUT2D eigenvalue weighted by molar-refractivity contribution is 6.31. The molecule has 0 atom stereocenters. The zero-order valence-corrected chi connectivity index (χ0v) is 21.6. The number of hydrogen-bond donors (Lipinski definition) is 1. The smallest absolute Gasteiger partial charge is 0.376 e. The van der Waals surface area contributed by atoms with Crippen molar-refractivity contribution in [2.75, 3.05) is 52.1 Å². The number of likely N-dealkylation sites (N-methyl/N-ethyl adjacent to an activating group) is 1. The molecule has 1 saturated carbocycles. The highest BCUT2D eigenvalue weighted by atomic mass is 35.5. The van der Waals surface area contributed by atoms with Gasteiger partial charge >= 0.3 is 6.18 Å². The summed E-state index contributed by atoms with van der Waals surface area (Å²) in [5.74, 6) is 0.493. The van der Waals surface area contributed by atoms with Crippen LogP contribution in [0.15, 0.2) is 36.4 Å². The molecule has 1 aliphatic carbocycles. The van der Waals surface area contributed by atoms with Crippen LogP contribution in [0, 0.1) is 5.92 Å². The van der Waals surface area contributed by atoms with E-state index in [0.717, 1.165) is 30.3 Å². The first-order valence-corrected chi connectivity index (χ1v) is 12.8. The summed E-state index contributed by atoms with van der Waals surface area (Å²) in [5.41, 5.74) is 2.15. The second kappa shape index (κ2) is 11.4. The zero-order valence-electron chi connectivity index (χ0n) is 20.9. The van der Waals surface area contributed by atoms with E-state index in [4.69, 9.17) is 11.6 Å². The van der Waals surface area contributed by atoms with Gasteiger partial charge < -0.3 is 15.1 Å². The topological polar surface area (TPSA) is 38.8 Å². The predicted molar refractivity (Wildman–Crippen MR) is 137 cm³/mol. The summed E-state index contributed by atoms with van der Waals surface area (Å²) >= 11 is 6.32. The summed E-state index contributed by atoms with van der Waals surface area (Å²) in [6, 6.07) is 9.80. The van der Waals surface area contributed by atoms with Crippen LogP contribution in [0.3, 0.4) is 0 Å². The molecule has 1 heterocycles. The summed E-state index contributed by atoms with van der Waals surface area (Å²) in [6.07, 6.45) is -1.37. The number of alkyl halides is 3. The van der Waals surface area contributed by atoms with Crippen LogP contribution in [-0.4, -0.2) is 67.4 Å². The number of benzene rings is 2. The second-order valence-corrected chi connectivity index (χ2v) is 10.6. The first-order valence-electron chi connectivity index (χ1n) is 12.5. The van der Waals surface area contributed by atoms with Crippen LogP contribution in [-0.2, 0) is 30.5 Å². The van der Waals surface area contributed by atoms with E-state index in [-0.39, 0.29) is 12.5 Å². The molecule has 1 N–H and O–H groups in total. The van der Waals surface area contributed by atoms with Crippen LogP contribution in [0.5, 0.6) is 0 Å². The molecule has 36 heavy (non-hydrogen) atoms. The Morgan fingerprint density at radius 1 is 1.17 bits per heavy atom. The minimum Gasteiger partial charge on any atom is -0.376 e. The second-order valence-electron chi connectivity index (χ2n) is 10.2. The number of carbonyl (C=O) groups is 1. The first kappa shape index (κ1) is 26.8. The Hall–Kier alpha value is -2.29. The van der Waals surface area contributed by atoms with Crippen LogP contribution < -0.4 is 5.32 Å². The number of halogens is 4. The molecular formula is C27H34ClF3N4O. The Balaban J connectivity index is 1.51. The van der Waals surface area contributed by atoms with Crippen LogP contribution >= 0.6 is 11.6 Å². The average molecular weight is 523 g/mol. The molecule has 0 radical (unpaired) electrons. The maximum Gasteiger partial charge on any atom is 0.416 e. The van der Waals surface area contributed by atoms with E-state index >= 15 is 0 Å². The Bertz CT molecular complexity index is 1070. The number of rotatable bonds is 10. The first-order chi connectivity index (χ1) is 17.1. The normalized spacial score (nSPS) is 16.2. The lowest BCUT2D eigenvalue weighted by atomic mass is 9.94. The van der Waals surface area contributed by atoms with Gasteiger partial charge in [-0.2, -0.15) is 13.2 Å². The molecule has 9 heteroatoms. The molecule has 5 nitrogen and oxygen atoms in total. The molecule has 2 aromatic rings. The van der Waals surface area contributed by atoms with E-state index in [1.54, 1.807) is 11.0 Å². The maximum absolute atomic E-state index is 13.7. The molecule has 196 valence electrons. The van der Waals surface area contributed by atoms with E-state index in [2.05, 4.69) is 10.2 Å². The third kappa shape index (κ3) is 7.14. The summed E-state index contributed by atoms with van der Waals surface area (Å²) in [4.78, 5) is 19.2. The molecule has 1 aliphatic heterocycles. The SMILES string of the molecule is CN(C)CCN(Cc1ccccc1Cl)C(=O)CNc1cc(C(F)(F)F)cc2c1CCN(CC1CC1)C2. The van der Waals surface area contributed by atoms with Crippen LogP contribution in [0.2, 0.25) is 5.02 Å². The molecule has 0 saturated heterocycles. The molecule has 0 unspecified atom stereocenters. The van der Waals surface area contributed by atoms with Crippen molar-refractivity contribution < 1.29 is 18.0 Å². The minimum atomic E-state index is -4.45. The van der Waals surface area contributed by atoms with E-state index in [9.17, 15) is 18.0 Å². The molecule has 0 spiro atoms. The molecule has 1 amide bonds. The van der Waals surface area contributed by atoms with Gasteiger partial charge in [-0.05, 0) is 74.2 Å². The van der Waals surface area contributed by atoms with Gasteiger partial charge in [0.05, 0.1) is 12.1 Å². The van der Waals surface area contributed by atoms with E-state index < -0.39 is 11.7 Å². The van der Waals surface area contributed by atoms with Crippen molar-refractivity contribution in [1.29, 1.82) is 0 Å². The van der Waals surface area contributed by atoms with E-state index in [1.807, 2.05) is 37.2 Å². The van der Waals surface area contributed by atoms with Crippen molar-refractivity contribution in [1.82, 2.24) is 14.7 Å². The molecule has 0 aromatic heterocycles. The van der Waals surface area contributed by atoms with Crippen LogP contribution in [0.25, 0.3) is 0 Å². The monoisotopic (exact) mass is 522 g/mol. The molecule has 2 aromatic carbocycles. The lowest BCUT2D eigenvalue weighted by molar-refractivity contribution is -0.137. The van der Waals surface area contributed by atoms with Crippen molar-refractivity contribution >= 4 is 23.2 Å². The van der Waals surface area contributed by atoms with Gasteiger partial charge in [0.25, 0.3) is 0 Å². The third-order valence-electron chi connectivity index (χ3n) is 6.87. The fraction of sp³-hybridized carbons (Fsp3) is 0.519. The number of amides is 1. The van der Waals surface area contributed by atoms with Gasteiger partial charge in [-0.1, -0.05) is 29.8 Å². The fourth-order valence-corrected chi connectivity index (χ4v) is 4.82. The van der Waals surface area contributed by atoms with Gasteiger partial charge in [-0.25, -0.2) is 0 Å². The van der Waals surface area contributed by atoms with Crippen LogP contribution in [0.4, 0.5) is 18.9 Å². The van der Waals surface area contributed by atoms with E-state index in [0.29, 0.717) is 54.8 Å². The number of hydrogen-bond acceptors (Lipinski definition) is 4. The highest BCUT2D eigenvalue weighted by Crippen LogP contribution is 2.37. The van der Waals surface area contributed by atoms with Crippen molar-refractivity contribution in [2.45, 2.75) is 38.5 Å².